The van der Waals surface area contributed by atoms with Crippen LogP contribution in [0.15, 0.2) is 24.4 Å². The SMILES string of the molecule is Fc1cc2cc[c]nc2cn1. The van der Waals surface area contributed by atoms with E-state index in [1.54, 1.807) is 12.1 Å². The summed E-state index contributed by atoms with van der Waals surface area (Å²) in [5.74, 6) is -0.481. The molecule has 2 nitrogen and oxygen atoms in total. The van der Waals surface area contributed by atoms with Gasteiger partial charge in [0.1, 0.15) is 0 Å². The van der Waals surface area contributed by atoms with Gasteiger partial charge in [-0.2, -0.15) is 4.39 Å². The summed E-state index contributed by atoms with van der Waals surface area (Å²) in [5.41, 5.74) is 0.661. The molecule has 0 fully saturated rings. The van der Waals surface area contributed by atoms with Crippen molar-refractivity contribution in [1.82, 2.24) is 9.97 Å². The molecule has 0 amide bonds. The number of hydrogen-bond donors (Lipinski definition) is 0. The molecule has 0 saturated heterocycles. The van der Waals surface area contributed by atoms with Gasteiger partial charge in [-0.05, 0) is 6.07 Å². The molecule has 0 aromatic carbocycles. The van der Waals surface area contributed by atoms with Crippen LogP contribution in [0.2, 0.25) is 0 Å². The van der Waals surface area contributed by atoms with E-state index in [0.29, 0.717) is 5.52 Å². The zero-order valence-corrected chi connectivity index (χ0v) is 5.58. The van der Waals surface area contributed by atoms with Gasteiger partial charge in [-0.1, -0.05) is 6.07 Å². The van der Waals surface area contributed by atoms with E-state index in [0.717, 1.165) is 5.39 Å². The first-order valence-electron chi connectivity index (χ1n) is 3.14. The number of halogens is 1. The zero-order valence-electron chi connectivity index (χ0n) is 5.58. The third-order valence-electron chi connectivity index (χ3n) is 1.40. The molecule has 0 atom stereocenters. The lowest BCUT2D eigenvalue weighted by atomic mass is 10.3. The lowest BCUT2D eigenvalue weighted by Crippen LogP contribution is -1.83. The molecule has 0 aliphatic heterocycles. The fourth-order valence-electron chi connectivity index (χ4n) is 0.898. The third-order valence-corrected chi connectivity index (χ3v) is 1.40. The lowest BCUT2D eigenvalue weighted by Gasteiger charge is -1.92. The highest BCUT2D eigenvalue weighted by Gasteiger charge is 1.94. The van der Waals surface area contributed by atoms with E-state index in [9.17, 15) is 4.39 Å². The molecule has 11 heavy (non-hydrogen) atoms. The second-order valence-corrected chi connectivity index (χ2v) is 2.14. The van der Waals surface area contributed by atoms with Gasteiger partial charge in [-0.15, -0.1) is 0 Å². The monoisotopic (exact) mass is 147 g/mol. The smallest absolute Gasteiger partial charge is 0.213 e. The van der Waals surface area contributed by atoms with Gasteiger partial charge >= 0.3 is 0 Å². The Morgan fingerprint density at radius 2 is 2.36 bits per heavy atom. The Kier molecular flexibility index (Phi) is 1.28. The van der Waals surface area contributed by atoms with Crippen molar-refractivity contribution in [3.05, 3.63) is 36.5 Å². The van der Waals surface area contributed by atoms with Crippen LogP contribution in [0.4, 0.5) is 4.39 Å². The van der Waals surface area contributed by atoms with E-state index in [1.807, 2.05) is 0 Å². The van der Waals surface area contributed by atoms with E-state index < -0.39 is 5.95 Å². The molecule has 53 valence electrons. The van der Waals surface area contributed by atoms with Gasteiger partial charge in [0.2, 0.25) is 5.95 Å². The predicted octanol–water partition coefficient (Wildman–Crippen LogP) is 1.57. The highest BCUT2D eigenvalue weighted by Crippen LogP contribution is 2.08. The van der Waals surface area contributed by atoms with E-state index in [2.05, 4.69) is 16.2 Å². The molecule has 2 rings (SSSR count). The van der Waals surface area contributed by atoms with Crippen molar-refractivity contribution in [2.75, 3.05) is 0 Å². The summed E-state index contributed by atoms with van der Waals surface area (Å²) in [7, 11) is 0. The van der Waals surface area contributed by atoms with Crippen molar-refractivity contribution in [3.63, 3.8) is 0 Å². The van der Waals surface area contributed by atoms with E-state index >= 15 is 0 Å². The topological polar surface area (TPSA) is 25.8 Å². The van der Waals surface area contributed by atoms with Crippen LogP contribution in [-0.2, 0) is 0 Å². The maximum Gasteiger partial charge on any atom is 0.213 e. The first-order valence-corrected chi connectivity index (χ1v) is 3.14. The summed E-state index contributed by atoms with van der Waals surface area (Å²) in [4.78, 5) is 7.33. The molecule has 0 N–H and O–H groups in total. The zero-order chi connectivity index (χ0) is 7.68. The molecule has 3 heteroatoms. The van der Waals surface area contributed by atoms with Crippen molar-refractivity contribution in [2.45, 2.75) is 0 Å². The van der Waals surface area contributed by atoms with Crippen molar-refractivity contribution < 1.29 is 4.39 Å². The minimum Gasteiger partial charge on any atom is -0.245 e. The van der Waals surface area contributed by atoms with Crippen molar-refractivity contribution >= 4 is 10.9 Å². The van der Waals surface area contributed by atoms with E-state index in [1.165, 1.54) is 12.3 Å². The van der Waals surface area contributed by atoms with Gasteiger partial charge in [0, 0.05) is 11.5 Å². The second-order valence-electron chi connectivity index (χ2n) is 2.14. The Morgan fingerprint density at radius 1 is 1.45 bits per heavy atom. The van der Waals surface area contributed by atoms with Crippen molar-refractivity contribution in [2.24, 2.45) is 0 Å². The number of hydrogen-bond acceptors (Lipinski definition) is 2. The maximum absolute atomic E-state index is 12.5. The molecule has 0 aliphatic carbocycles. The molecule has 0 spiro atoms. The van der Waals surface area contributed by atoms with Crippen LogP contribution in [0.5, 0.6) is 0 Å². The van der Waals surface area contributed by atoms with E-state index in [4.69, 9.17) is 0 Å². The van der Waals surface area contributed by atoms with Gasteiger partial charge in [-0.3, -0.25) is 0 Å². The predicted molar refractivity (Wildman–Crippen MR) is 38.3 cm³/mol. The Morgan fingerprint density at radius 3 is 3.27 bits per heavy atom. The van der Waals surface area contributed by atoms with Gasteiger partial charge in [0.15, 0.2) is 0 Å². The fourth-order valence-corrected chi connectivity index (χ4v) is 0.898. The Labute approximate surface area is 62.7 Å². The minimum atomic E-state index is -0.481. The van der Waals surface area contributed by atoms with Crippen LogP contribution in [-0.4, -0.2) is 9.97 Å². The first-order chi connectivity index (χ1) is 5.36. The van der Waals surface area contributed by atoms with Gasteiger partial charge in [0.05, 0.1) is 17.9 Å². The van der Waals surface area contributed by atoms with Crippen LogP contribution < -0.4 is 0 Å². The lowest BCUT2D eigenvalue weighted by molar-refractivity contribution is 0.586. The van der Waals surface area contributed by atoms with Crippen LogP contribution >= 0.6 is 0 Å². The molecular formula is C8H4FN2. The molecular weight excluding hydrogens is 143 g/mol. The summed E-state index contributed by atoms with van der Waals surface area (Å²) in [6, 6.07) is 4.73. The second kappa shape index (κ2) is 2.27. The van der Waals surface area contributed by atoms with Crippen LogP contribution in [0.3, 0.4) is 0 Å². The van der Waals surface area contributed by atoms with Gasteiger partial charge < -0.3 is 0 Å². The summed E-state index contributed by atoms with van der Waals surface area (Å²) in [6.45, 7) is 0. The summed E-state index contributed by atoms with van der Waals surface area (Å²) in [5, 5.41) is 0.747. The van der Waals surface area contributed by atoms with Crippen molar-refractivity contribution in [1.29, 1.82) is 0 Å². The number of rotatable bonds is 0. The molecule has 0 unspecified atom stereocenters. The quantitative estimate of drug-likeness (QED) is 0.528. The number of nitrogens with zero attached hydrogens (tertiary/aromatic N) is 2. The molecule has 0 aliphatic rings. The average Bonchev–Trinajstić information content (AvgIpc) is 2.04. The van der Waals surface area contributed by atoms with E-state index in [-0.39, 0.29) is 0 Å². The van der Waals surface area contributed by atoms with Gasteiger partial charge in [-0.25, -0.2) is 9.97 Å². The molecule has 1 radical (unpaired) electrons. The average molecular weight is 147 g/mol. The molecule has 0 saturated carbocycles. The first kappa shape index (κ1) is 6.22. The summed E-state index contributed by atoms with van der Waals surface area (Å²) < 4.78 is 12.5. The number of fused-ring (bicyclic) bond motifs is 1. The Bertz CT molecular complexity index is 387. The molecule has 2 aromatic heterocycles. The van der Waals surface area contributed by atoms with Crippen LogP contribution in [0.1, 0.15) is 0 Å². The van der Waals surface area contributed by atoms with Crippen molar-refractivity contribution in [3.8, 4) is 0 Å². The standard InChI is InChI=1S/C8H4FN2/c9-8-4-6-2-1-3-10-7(6)5-11-8/h1-2,4-5H. The Balaban J connectivity index is 2.83. The number of aromatic nitrogens is 2. The fraction of sp³-hybridized carbons (Fsp3) is 0. The number of pyridine rings is 2. The highest BCUT2D eigenvalue weighted by molar-refractivity contribution is 5.76. The third kappa shape index (κ3) is 1.05. The highest BCUT2D eigenvalue weighted by atomic mass is 19.1. The molecule has 0 bridgehead atoms. The maximum atomic E-state index is 12.5. The summed E-state index contributed by atoms with van der Waals surface area (Å²) in [6.07, 6.45) is 4.03. The normalized spacial score (nSPS) is 10.3. The Hall–Kier alpha value is -1.51. The largest absolute Gasteiger partial charge is 0.245 e. The minimum absolute atomic E-state index is 0.481. The summed E-state index contributed by atoms with van der Waals surface area (Å²) >= 11 is 0. The van der Waals surface area contributed by atoms with Crippen LogP contribution in [0, 0.1) is 12.1 Å². The molecule has 2 aromatic rings. The van der Waals surface area contributed by atoms with Crippen LogP contribution in [0.25, 0.3) is 10.9 Å². The van der Waals surface area contributed by atoms with Gasteiger partial charge in [0.25, 0.3) is 0 Å². The molecule has 2 heterocycles.